The third-order valence-corrected chi connectivity index (χ3v) is 3.91. The van der Waals surface area contributed by atoms with Crippen LogP contribution < -0.4 is 0 Å². The second-order valence-corrected chi connectivity index (χ2v) is 6.55. The Balaban J connectivity index is 3.01. The molecule has 0 aromatic carbocycles. The Morgan fingerprint density at radius 2 is 1.68 bits per heavy atom. The van der Waals surface area contributed by atoms with E-state index in [9.17, 15) is 14.9 Å². The van der Waals surface area contributed by atoms with Crippen molar-refractivity contribution in [1.82, 2.24) is 0 Å². The first-order valence-electron chi connectivity index (χ1n) is 7.13. The molecule has 0 bridgehead atoms. The number of hydrogen-bond acceptors (Lipinski definition) is 6. The molecule has 1 heterocycles. The molecule has 0 aliphatic carbocycles. The Labute approximate surface area is 134 Å². The van der Waals surface area contributed by atoms with Crippen LogP contribution in [0, 0.1) is 11.3 Å². The van der Waals surface area contributed by atoms with E-state index in [0.717, 1.165) is 0 Å². The first-order valence-corrected chi connectivity index (χ1v) is 8.01. The first kappa shape index (κ1) is 18.2. The van der Waals surface area contributed by atoms with Crippen molar-refractivity contribution in [1.29, 1.82) is 5.26 Å². The lowest BCUT2D eigenvalue weighted by molar-refractivity contribution is -0.151. The molecule has 1 rings (SSSR count). The van der Waals surface area contributed by atoms with Gasteiger partial charge in [0.1, 0.15) is 5.41 Å². The van der Waals surface area contributed by atoms with Crippen molar-refractivity contribution < 1.29 is 19.1 Å². The van der Waals surface area contributed by atoms with Gasteiger partial charge in [0.05, 0.1) is 31.1 Å². The summed E-state index contributed by atoms with van der Waals surface area (Å²) in [4.78, 5) is 24.7. The number of ether oxygens (including phenoxy) is 2. The van der Waals surface area contributed by atoms with Crippen molar-refractivity contribution in [2.24, 2.45) is 0 Å². The lowest BCUT2D eigenvalue weighted by Gasteiger charge is -2.24. The number of carbonyl (C=O) groups is 2. The Morgan fingerprint density at radius 1 is 1.18 bits per heavy atom. The van der Waals surface area contributed by atoms with E-state index in [1.165, 1.54) is 11.3 Å². The van der Waals surface area contributed by atoms with Crippen LogP contribution in [0.2, 0.25) is 0 Å². The standard InChI is InChI=1S/C16H21NO4S/c1-11(2)20-14(18)8-16(10-17,13-6-5-7-22-13)9-15(19)21-12(3)4/h5-7,11-12H,8-9H2,1-4H3. The zero-order chi connectivity index (χ0) is 16.8. The van der Waals surface area contributed by atoms with Gasteiger partial charge in [-0.3, -0.25) is 9.59 Å². The molecular weight excluding hydrogens is 302 g/mol. The number of esters is 2. The molecule has 0 spiro atoms. The van der Waals surface area contributed by atoms with Crippen LogP contribution in [0.4, 0.5) is 0 Å². The van der Waals surface area contributed by atoms with Crippen LogP contribution in [0.15, 0.2) is 17.5 Å². The maximum Gasteiger partial charge on any atom is 0.308 e. The molecule has 0 saturated carbocycles. The summed E-state index contributed by atoms with van der Waals surface area (Å²) >= 11 is 1.34. The monoisotopic (exact) mass is 323 g/mol. The van der Waals surface area contributed by atoms with E-state index in [0.29, 0.717) is 4.88 Å². The largest absolute Gasteiger partial charge is 0.463 e. The lowest BCUT2D eigenvalue weighted by Crippen LogP contribution is -2.32. The SMILES string of the molecule is CC(C)OC(=O)CC(C#N)(CC(=O)OC(C)C)c1cccs1. The highest BCUT2D eigenvalue weighted by Gasteiger charge is 2.40. The van der Waals surface area contributed by atoms with Gasteiger partial charge in [-0.1, -0.05) is 6.07 Å². The summed E-state index contributed by atoms with van der Waals surface area (Å²) in [5.41, 5.74) is -1.24. The smallest absolute Gasteiger partial charge is 0.308 e. The van der Waals surface area contributed by atoms with Crippen LogP contribution in [0.5, 0.6) is 0 Å². The quantitative estimate of drug-likeness (QED) is 0.720. The summed E-state index contributed by atoms with van der Waals surface area (Å²) in [5.74, 6) is -0.996. The third-order valence-electron chi connectivity index (χ3n) is 2.83. The predicted octanol–water partition coefficient (Wildman–Crippen LogP) is 3.19. The second kappa shape index (κ2) is 7.95. The number of rotatable bonds is 7. The number of nitriles is 1. The topological polar surface area (TPSA) is 76.4 Å². The molecule has 0 saturated heterocycles. The average molecular weight is 323 g/mol. The Hall–Kier alpha value is -1.87. The van der Waals surface area contributed by atoms with E-state index in [2.05, 4.69) is 6.07 Å². The fourth-order valence-electron chi connectivity index (χ4n) is 2.02. The zero-order valence-corrected chi connectivity index (χ0v) is 14.1. The van der Waals surface area contributed by atoms with Gasteiger partial charge in [-0.2, -0.15) is 5.26 Å². The van der Waals surface area contributed by atoms with Gasteiger partial charge in [0, 0.05) is 4.88 Å². The highest BCUT2D eigenvalue weighted by atomic mass is 32.1. The van der Waals surface area contributed by atoms with Gasteiger partial charge in [0.2, 0.25) is 0 Å². The molecule has 0 fully saturated rings. The van der Waals surface area contributed by atoms with E-state index < -0.39 is 17.4 Å². The summed E-state index contributed by atoms with van der Waals surface area (Å²) in [7, 11) is 0. The van der Waals surface area contributed by atoms with Crippen molar-refractivity contribution >= 4 is 23.3 Å². The molecule has 0 N–H and O–H groups in total. The van der Waals surface area contributed by atoms with Gasteiger partial charge < -0.3 is 9.47 Å². The Bertz CT molecular complexity index is 519. The summed E-state index contributed by atoms with van der Waals surface area (Å²) in [6.07, 6.45) is -0.880. The van der Waals surface area contributed by atoms with Crippen LogP contribution in [0.25, 0.3) is 0 Å². The zero-order valence-electron chi connectivity index (χ0n) is 13.3. The number of hydrogen-bond donors (Lipinski definition) is 0. The van der Waals surface area contributed by atoms with Crippen molar-refractivity contribution in [3.8, 4) is 6.07 Å². The maximum atomic E-state index is 12.0. The van der Waals surface area contributed by atoms with Crippen LogP contribution in [0.3, 0.4) is 0 Å². The predicted molar refractivity (Wildman–Crippen MR) is 83.3 cm³/mol. The molecule has 1 aromatic rings. The molecule has 0 unspecified atom stereocenters. The van der Waals surface area contributed by atoms with E-state index in [-0.39, 0.29) is 25.0 Å². The minimum atomic E-state index is -1.24. The molecule has 0 amide bonds. The molecule has 5 nitrogen and oxygen atoms in total. The number of nitrogens with zero attached hydrogens (tertiary/aromatic N) is 1. The maximum absolute atomic E-state index is 12.0. The van der Waals surface area contributed by atoms with Crippen molar-refractivity contribution in [2.75, 3.05) is 0 Å². The number of thiophene rings is 1. The second-order valence-electron chi connectivity index (χ2n) is 5.60. The molecule has 22 heavy (non-hydrogen) atoms. The molecule has 0 aliphatic rings. The highest BCUT2D eigenvalue weighted by molar-refractivity contribution is 7.10. The van der Waals surface area contributed by atoms with E-state index in [1.807, 2.05) is 5.38 Å². The summed E-state index contributed by atoms with van der Waals surface area (Å²) in [6.45, 7) is 6.96. The molecule has 0 radical (unpaired) electrons. The van der Waals surface area contributed by atoms with Crippen LogP contribution >= 0.6 is 11.3 Å². The van der Waals surface area contributed by atoms with Crippen molar-refractivity contribution in [3.05, 3.63) is 22.4 Å². The van der Waals surface area contributed by atoms with E-state index in [1.54, 1.807) is 39.8 Å². The first-order chi connectivity index (χ1) is 10.3. The van der Waals surface area contributed by atoms with Gasteiger partial charge in [-0.05, 0) is 39.1 Å². The summed E-state index contributed by atoms with van der Waals surface area (Å²) < 4.78 is 10.3. The lowest BCUT2D eigenvalue weighted by atomic mass is 9.81. The Morgan fingerprint density at radius 3 is 2.00 bits per heavy atom. The van der Waals surface area contributed by atoms with Gasteiger partial charge in [0.15, 0.2) is 0 Å². The molecular formula is C16H21NO4S. The van der Waals surface area contributed by atoms with Gasteiger partial charge in [-0.25, -0.2) is 0 Å². The van der Waals surface area contributed by atoms with Crippen LogP contribution in [-0.2, 0) is 24.5 Å². The molecule has 120 valence electrons. The van der Waals surface area contributed by atoms with Crippen molar-refractivity contribution in [2.45, 2.75) is 58.2 Å². The molecule has 6 heteroatoms. The normalized spacial score (nSPS) is 11.3. The average Bonchev–Trinajstić information content (AvgIpc) is 2.89. The van der Waals surface area contributed by atoms with Gasteiger partial charge >= 0.3 is 11.9 Å². The third kappa shape index (κ3) is 5.15. The fourth-order valence-corrected chi connectivity index (χ4v) is 2.90. The summed E-state index contributed by atoms with van der Waals surface area (Å²) in [6, 6.07) is 5.67. The fraction of sp³-hybridized carbons (Fsp3) is 0.562. The molecule has 1 aromatic heterocycles. The number of carbonyl (C=O) groups excluding carboxylic acids is 2. The highest BCUT2D eigenvalue weighted by Crippen LogP contribution is 2.35. The van der Waals surface area contributed by atoms with E-state index >= 15 is 0 Å². The van der Waals surface area contributed by atoms with Crippen molar-refractivity contribution in [3.63, 3.8) is 0 Å². The minimum Gasteiger partial charge on any atom is -0.463 e. The summed E-state index contributed by atoms with van der Waals surface area (Å²) in [5, 5.41) is 11.5. The molecule has 0 aliphatic heterocycles. The van der Waals surface area contributed by atoms with Crippen LogP contribution in [0.1, 0.15) is 45.4 Å². The minimum absolute atomic E-state index is 0.171. The van der Waals surface area contributed by atoms with Gasteiger partial charge in [-0.15, -0.1) is 11.3 Å². The van der Waals surface area contributed by atoms with E-state index in [4.69, 9.17) is 9.47 Å². The van der Waals surface area contributed by atoms with Gasteiger partial charge in [0.25, 0.3) is 0 Å². The van der Waals surface area contributed by atoms with Crippen LogP contribution in [-0.4, -0.2) is 24.1 Å². The Kier molecular flexibility index (Phi) is 6.57. The molecule has 0 atom stereocenters.